The van der Waals surface area contributed by atoms with Gasteiger partial charge in [-0.05, 0) is 66.2 Å². The van der Waals surface area contributed by atoms with Gasteiger partial charge in [-0.25, -0.2) is 0 Å². The van der Waals surface area contributed by atoms with Crippen molar-refractivity contribution in [2.45, 2.75) is 30.9 Å². The van der Waals surface area contributed by atoms with E-state index in [1.54, 1.807) is 11.6 Å². The average molecular weight is 405 g/mol. The van der Waals surface area contributed by atoms with Crippen LogP contribution in [0.15, 0.2) is 53.7 Å². The van der Waals surface area contributed by atoms with Crippen LogP contribution in [0.3, 0.4) is 0 Å². The molecule has 1 amide bonds. The molecule has 3 aromatic rings. The SMILES string of the molecule is Cc1cccc(-n2nnnc2SC(C)C(=O)Nc2ccc(OC(F)F)cc2)c1. The minimum absolute atomic E-state index is 0.0211. The summed E-state index contributed by atoms with van der Waals surface area (Å²) in [6, 6.07) is 13.4. The van der Waals surface area contributed by atoms with Crippen molar-refractivity contribution in [3.8, 4) is 11.4 Å². The van der Waals surface area contributed by atoms with E-state index in [4.69, 9.17) is 0 Å². The van der Waals surface area contributed by atoms with E-state index in [1.807, 2.05) is 31.2 Å². The Morgan fingerprint density at radius 3 is 2.64 bits per heavy atom. The molecule has 1 aromatic heterocycles. The maximum absolute atomic E-state index is 12.4. The number of hydrogen-bond acceptors (Lipinski definition) is 6. The second-order valence-corrected chi connectivity index (χ2v) is 7.17. The summed E-state index contributed by atoms with van der Waals surface area (Å²) in [4.78, 5) is 12.4. The van der Waals surface area contributed by atoms with E-state index in [1.165, 1.54) is 36.0 Å². The number of benzene rings is 2. The summed E-state index contributed by atoms with van der Waals surface area (Å²) in [7, 11) is 0. The first-order valence-electron chi connectivity index (χ1n) is 8.30. The van der Waals surface area contributed by atoms with Gasteiger partial charge in [0, 0.05) is 5.69 Å². The molecule has 0 aliphatic carbocycles. The molecule has 3 rings (SSSR count). The Morgan fingerprint density at radius 2 is 1.96 bits per heavy atom. The number of carbonyl (C=O) groups is 1. The highest BCUT2D eigenvalue weighted by Gasteiger charge is 2.19. The van der Waals surface area contributed by atoms with Crippen LogP contribution in [0.1, 0.15) is 12.5 Å². The van der Waals surface area contributed by atoms with Crippen molar-refractivity contribution >= 4 is 23.4 Å². The lowest BCUT2D eigenvalue weighted by molar-refractivity contribution is -0.115. The maximum Gasteiger partial charge on any atom is 0.387 e. The minimum Gasteiger partial charge on any atom is -0.435 e. The maximum atomic E-state index is 12.4. The molecule has 1 atom stereocenters. The zero-order chi connectivity index (χ0) is 20.1. The van der Waals surface area contributed by atoms with E-state index in [9.17, 15) is 13.6 Å². The van der Waals surface area contributed by atoms with Crippen LogP contribution in [0.25, 0.3) is 5.69 Å². The number of rotatable bonds is 7. The summed E-state index contributed by atoms with van der Waals surface area (Å²) >= 11 is 1.21. The number of nitrogens with zero attached hydrogens (tertiary/aromatic N) is 4. The summed E-state index contributed by atoms with van der Waals surface area (Å²) in [6.07, 6.45) is 0. The van der Waals surface area contributed by atoms with E-state index in [-0.39, 0.29) is 11.7 Å². The van der Waals surface area contributed by atoms with Crippen molar-refractivity contribution in [3.05, 3.63) is 54.1 Å². The smallest absolute Gasteiger partial charge is 0.387 e. The number of carbonyl (C=O) groups excluding carboxylic acids is 1. The topological polar surface area (TPSA) is 81.9 Å². The molecule has 1 N–H and O–H groups in total. The third-order valence-corrected chi connectivity index (χ3v) is 4.72. The van der Waals surface area contributed by atoms with Gasteiger partial charge in [0.2, 0.25) is 11.1 Å². The van der Waals surface area contributed by atoms with Crippen molar-refractivity contribution < 1.29 is 18.3 Å². The molecule has 2 aromatic carbocycles. The van der Waals surface area contributed by atoms with Crippen LogP contribution < -0.4 is 10.1 Å². The lowest BCUT2D eigenvalue weighted by Crippen LogP contribution is -2.22. The number of halogens is 2. The molecule has 1 unspecified atom stereocenters. The molecule has 0 bridgehead atoms. The lowest BCUT2D eigenvalue weighted by Gasteiger charge is -2.12. The zero-order valence-corrected chi connectivity index (χ0v) is 15.9. The number of hydrogen-bond donors (Lipinski definition) is 1. The molecular formula is C18H17F2N5O2S. The van der Waals surface area contributed by atoms with Gasteiger partial charge < -0.3 is 10.1 Å². The number of aromatic nitrogens is 4. The fourth-order valence-electron chi connectivity index (χ4n) is 2.35. The Morgan fingerprint density at radius 1 is 1.21 bits per heavy atom. The molecule has 146 valence electrons. The molecule has 0 fully saturated rings. The zero-order valence-electron chi connectivity index (χ0n) is 15.0. The van der Waals surface area contributed by atoms with Gasteiger partial charge in [0.15, 0.2) is 0 Å². The van der Waals surface area contributed by atoms with E-state index in [2.05, 4.69) is 25.6 Å². The number of aryl methyl sites for hydroxylation is 1. The Labute approximate surface area is 164 Å². The second kappa shape index (κ2) is 8.79. The van der Waals surface area contributed by atoms with Crippen molar-refractivity contribution in [2.75, 3.05) is 5.32 Å². The van der Waals surface area contributed by atoms with Gasteiger partial charge in [-0.3, -0.25) is 4.79 Å². The molecule has 0 saturated heterocycles. The highest BCUT2D eigenvalue weighted by Crippen LogP contribution is 2.25. The van der Waals surface area contributed by atoms with Gasteiger partial charge in [0.05, 0.1) is 10.9 Å². The lowest BCUT2D eigenvalue weighted by atomic mass is 10.2. The molecular weight excluding hydrogens is 388 g/mol. The molecule has 0 spiro atoms. The standard InChI is InChI=1S/C18H17F2N5O2S/c1-11-4-3-5-14(10-11)25-18(22-23-24-25)28-12(2)16(26)21-13-6-8-15(9-7-13)27-17(19)20/h3-10,12,17H,1-2H3,(H,21,26). The van der Waals surface area contributed by atoms with Crippen LogP contribution in [0.4, 0.5) is 14.5 Å². The van der Waals surface area contributed by atoms with Crippen LogP contribution in [0, 0.1) is 6.92 Å². The minimum atomic E-state index is -2.89. The number of nitrogens with one attached hydrogen (secondary N) is 1. The number of tetrazole rings is 1. The van der Waals surface area contributed by atoms with Crippen molar-refractivity contribution in [2.24, 2.45) is 0 Å². The molecule has 10 heteroatoms. The van der Waals surface area contributed by atoms with E-state index in [0.29, 0.717) is 10.8 Å². The summed E-state index contributed by atoms with van der Waals surface area (Å²) in [5, 5.41) is 14.4. The summed E-state index contributed by atoms with van der Waals surface area (Å²) < 4.78 is 30.2. The highest BCUT2D eigenvalue weighted by molar-refractivity contribution is 8.00. The predicted octanol–water partition coefficient (Wildman–Crippen LogP) is 3.69. The third kappa shape index (κ3) is 5.03. The quantitative estimate of drug-likeness (QED) is 0.604. The monoisotopic (exact) mass is 405 g/mol. The summed E-state index contributed by atoms with van der Waals surface area (Å²) in [5.41, 5.74) is 2.33. The van der Waals surface area contributed by atoms with Crippen molar-refractivity contribution in [1.82, 2.24) is 20.2 Å². The number of ether oxygens (including phenoxy) is 1. The van der Waals surface area contributed by atoms with Crippen LogP contribution in [0.2, 0.25) is 0 Å². The Hall–Kier alpha value is -3.01. The van der Waals surface area contributed by atoms with E-state index in [0.717, 1.165) is 11.3 Å². The first-order valence-corrected chi connectivity index (χ1v) is 9.18. The fourth-order valence-corrected chi connectivity index (χ4v) is 3.16. The normalized spacial score (nSPS) is 12.0. The van der Waals surface area contributed by atoms with Crippen LogP contribution in [-0.2, 0) is 4.79 Å². The fraction of sp³-hybridized carbons (Fsp3) is 0.222. The number of anilines is 1. The van der Waals surface area contributed by atoms with Gasteiger partial charge in [-0.15, -0.1) is 5.10 Å². The predicted molar refractivity (Wildman–Crippen MR) is 101 cm³/mol. The summed E-state index contributed by atoms with van der Waals surface area (Å²) in [5.74, 6) is -0.251. The van der Waals surface area contributed by atoms with Gasteiger partial charge in [0.1, 0.15) is 5.75 Å². The first kappa shape index (κ1) is 19.7. The van der Waals surface area contributed by atoms with Crippen LogP contribution >= 0.6 is 11.8 Å². The Kier molecular flexibility index (Phi) is 6.19. The average Bonchev–Trinajstić information content (AvgIpc) is 3.11. The van der Waals surface area contributed by atoms with Crippen LogP contribution in [0.5, 0.6) is 5.75 Å². The molecule has 0 radical (unpaired) electrons. The number of amides is 1. The first-order chi connectivity index (χ1) is 13.4. The van der Waals surface area contributed by atoms with Gasteiger partial charge >= 0.3 is 6.61 Å². The summed E-state index contributed by atoms with van der Waals surface area (Å²) in [6.45, 7) is 0.800. The van der Waals surface area contributed by atoms with Gasteiger partial charge in [-0.2, -0.15) is 13.5 Å². The van der Waals surface area contributed by atoms with Crippen molar-refractivity contribution in [3.63, 3.8) is 0 Å². The molecule has 1 heterocycles. The Bertz CT molecular complexity index is 949. The molecule has 0 aliphatic heterocycles. The third-order valence-electron chi connectivity index (χ3n) is 3.69. The molecule has 28 heavy (non-hydrogen) atoms. The Balaban J connectivity index is 1.64. The number of alkyl halides is 2. The highest BCUT2D eigenvalue weighted by atomic mass is 32.2. The van der Waals surface area contributed by atoms with E-state index >= 15 is 0 Å². The largest absolute Gasteiger partial charge is 0.435 e. The molecule has 7 nitrogen and oxygen atoms in total. The van der Waals surface area contributed by atoms with Crippen molar-refractivity contribution in [1.29, 1.82) is 0 Å². The molecule has 0 aliphatic rings. The van der Waals surface area contributed by atoms with Crippen LogP contribution in [-0.4, -0.2) is 38.0 Å². The van der Waals surface area contributed by atoms with Gasteiger partial charge in [0.25, 0.3) is 0 Å². The molecule has 0 saturated carbocycles. The van der Waals surface area contributed by atoms with Gasteiger partial charge in [-0.1, -0.05) is 23.9 Å². The number of thioether (sulfide) groups is 1. The van der Waals surface area contributed by atoms with E-state index < -0.39 is 11.9 Å². The second-order valence-electron chi connectivity index (χ2n) is 5.86.